The van der Waals surface area contributed by atoms with E-state index < -0.39 is 17.7 Å². The number of nitrogens with zero attached hydrogens (tertiary/aromatic N) is 4. The average molecular weight is 423 g/mol. The number of carbonyl (C=O) groups is 1. The average Bonchev–Trinajstić information content (AvgIpc) is 3.19. The first-order valence-corrected chi connectivity index (χ1v) is 10.8. The number of rotatable bonds is 3. The summed E-state index contributed by atoms with van der Waals surface area (Å²) in [5, 5.41) is 4.46. The lowest BCUT2D eigenvalue weighted by atomic mass is 9.79. The molecule has 1 aromatic carbocycles. The summed E-state index contributed by atoms with van der Waals surface area (Å²) < 4.78 is 10.3. The zero-order valence-corrected chi connectivity index (χ0v) is 18.1. The molecular formula is C22H22N4O3S. The number of aryl methyl sites for hydroxylation is 2. The van der Waals surface area contributed by atoms with Crippen molar-refractivity contribution in [1.29, 1.82) is 0 Å². The molecule has 3 aromatic rings. The van der Waals surface area contributed by atoms with Crippen LogP contribution in [-0.4, -0.2) is 25.9 Å². The molecule has 2 bridgehead atoms. The van der Waals surface area contributed by atoms with Crippen LogP contribution < -0.4 is 19.6 Å². The number of aromatic nitrogens is 3. The van der Waals surface area contributed by atoms with Gasteiger partial charge in [-0.2, -0.15) is 5.10 Å². The summed E-state index contributed by atoms with van der Waals surface area (Å²) in [5.74, 6) is 0.0559. The van der Waals surface area contributed by atoms with Crippen LogP contribution in [0, 0.1) is 12.8 Å². The van der Waals surface area contributed by atoms with Crippen LogP contribution in [-0.2, 0) is 11.3 Å². The summed E-state index contributed by atoms with van der Waals surface area (Å²) in [7, 11) is 0. The summed E-state index contributed by atoms with van der Waals surface area (Å²) in [6, 6.07) is 7.14. The highest BCUT2D eigenvalue weighted by molar-refractivity contribution is 7.07. The maximum atomic E-state index is 13.5. The largest absolute Gasteiger partial charge is 0.465 e. The van der Waals surface area contributed by atoms with E-state index in [2.05, 4.69) is 5.10 Å². The molecule has 0 fully saturated rings. The predicted molar refractivity (Wildman–Crippen MR) is 113 cm³/mol. The van der Waals surface area contributed by atoms with Gasteiger partial charge in [0.15, 0.2) is 4.80 Å². The maximum Gasteiger partial charge on any atom is 0.270 e. The van der Waals surface area contributed by atoms with Crippen LogP contribution in [0.2, 0.25) is 0 Å². The fraction of sp³-hybridized carbons (Fsp3) is 0.364. The Labute approximate surface area is 177 Å². The van der Waals surface area contributed by atoms with Gasteiger partial charge in [-0.1, -0.05) is 29.5 Å². The summed E-state index contributed by atoms with van der Waals surface area (Å²) in [4.78, 5) is 31.5. The zero-order valence-electron chi connectivity index (χ0n) is 17.2. The molecule has 3 unspecified atom stereocenters. The lowest BCUT2D eigenvalue weighted by Crippen LogP contribution is -2.58. The smallest absolute Gasteiger partial charge is 0.270 e. The Morgan fingerprint density at radius 1 is 1.37 bits per heavy atom. The number of ether oxygens (including phenoxy) is 1. The maximum absolute atomic E-state index is 13.5. The Bertz CT molecular complexity index is 1370. The normalized spacial score (nSPS) is 24.6. The van der Waals surface area contributed by atoms with E-state index in [4.69, 9.17) is 9.73 Å². The highest BCUT2D eigenvalue weighted by Gasteiger charge is 2.53. The first-order chi connectivity index (χ1) is 14.3. The molecule has 0 spiro atoms. The van der Waals surface area contributed by atoms with Crippen molar-refractivity contribution in [1.82, 2.24) is 14.3 Å². The molecule has 8 heteroatoms. The Balaban J connectivity index is 1.79. The van der Waals surface area contributed by atoms with Gasteiger partial charge in [0, 0.05) is 23.9 Å². The highest BCUT2D eigenvalue weighted by Crippen LogP contribution is 2.47. The molecule has 30 heavy (non-hydrogen) atoms. The number of hydrogen-bond donors (Lipinski definition) is 0. The number of para-hydroxylation sites is 1. The number of thiazole rings is 1. The van der Waals surface area contributed by atoms with Gasteiger partial charge in [-0.05, 0) is 39.8 Å². The molecule has 4 heterocycles. The fourth-order valence-corrected chi connectivity index (χ4v) is 5.62. The van der Waals surface area contributed by atoms with Crippen molar-refractivity contribution in [3.05, 3.63) is 67.0 Å². The minimum Gasteiger partial charge on any atom is -0.465 e. The first kappa shape index (κ1) is 19.0. The summed E-state index contributed by atoms with van der Waals surface area (Å²) >= 11 is 1.33. The molecule has 5 rings (SSSR count). The van der Waals surface area contributed by atoms with E-state index in [0.717, 1.165) is 23.4 Å². The molecule has 0 N–H and O–H groups in total. The lowest BCUT2D eigenvalue weighted by molar-refractivity contribution is -0.132. The molecule has 0 radical (unpaired) electrons. The second-order valence-electron chi connectivity index (χ2n) is 7.93. The predicted octanol–water partition coefficient (Wildman–Crippen LogP) is 1.80. The van der Waals surface area contributed by atoms with Crippen LogP contribution in [0.4, 0.5) is 0 Å². The van der Waals surface area contributed by atoms with Gasteiger partial charge in [-0.3, -0.25) is 18.8 Å². The van der Waals surface area contributed by atoms with Crippen molar-refractivity contribution >= 4 is 23.2 Å². The van der Waals surface area contributed by atoms with E-state index >= 15 is 0 Å². The number of carbonyl (C=O) groups excluding carboxylic acids is 1. The van der Waals surface area contributed by atoms with Crippen molar-refractivity contribution in [2.75, 3.05) is 0 Å². The van der Waals surface area contributed by atoms with Crippen LogP contribution in [0.1, 0.15) is 43.6 Å². The first-order valence-electron chi connectivity index (χ1n) is 9.98. The van der Waals surface area contributed by atoms with Crippen molar-refractivity contribution in [2.45, 2.75) is 46.0 Å². The molecule has 0 saturated carbocycles. The molecule has 0 saturated heterocycles. The summed E-state index contributed by atoms with van der Waals surface area (Å²) in [5.41, 5.74) is 1.43. The van der Waals surface area contributed by atoms with Gasteiger partial charge in [-0.15, -0.1) is 0 Å². The standard InChI is InChI=1S/C22H22N4O3S/c1-5-25-11-14(12(2)24-25)10-17-20(28)26-19-15-8-6-7-9-16(15)29-22(4,18(19)13(3)27)23-21(26)30-17/h6-11,18-19H,5H2,1-4H3/b17-10+. The fourth-order valence-electron chi connectivity index (χ4n) is 4.53. The molecule has 2 aliphatic rings. The molecule has 2 aliphatic heterocycles. The van der Waals surface area contributed by atoms with Gasteiger partial charge in [0.25, 0.3) is 5.56 Å². The third-order valence-electron chi connectivity index (χ3n) is 5.91. The SMILES string of the molecule is CCn1cc(/C=c2/sc3n(c2=O)C2c4ccccc4OC(C)(N=3)C2C(C)=O)c(C)n1. The minimum atomic E-state index is -1.04. The van der Waals surface area contributed by atoms with Gasteiger partial charge in [0.1, 0.15) is 17.5 Å². The number of fused-ring (bicyclic) bond motifs is 6. The zero-order chi connectivity index (χ0) is 21.2. The number of Topliss-reactive ketones (excluding diaryl/α,β-unsaturated/α-hetero) is 1. The van der Waals surface area contributed by atoms with Crippen LogP contribution in [0.5, 0.6) is 5.75 Å². The molecular weight excluding hydrogens is 400 g/mol. The van der Waals surface area contributed by atoms with Gasteiger partial charge < -0.3 is 4.74 Å². The third-order valence-corrected chi connectivity index (χ3v) is 6.90. The van der Waals surface area contributed by atoms with E-state index in [1.54, 1.807) is 11.5 Å². The monoisotopic (exact) mass is 422 g/mol. The van der Waals surface area contributed by atoms with Gasteiger partial charge in [0.2, 0.25) is 5.72 Å². The molecule has 2 aromatic heterocycles. The number of ketones is 1. The number of hydrogen-bond acceptors (Lipinski definition) is 6. The van der Waals surface area contributed by atoms with Gasteiger partial charge in [-0.25, -0.2) is 4.99 Å². The Morgan fingerprint density at radius 2 is 2.13 bits per heavy atom. The van der Waals surface area contributed by atoms with E-state index in [-0.39, 0.29) is 11.3 Å². The van der Waals surface area contributed by atoms with Crippen molar-refractivity contribution in [2.24, 2.45) is 10.9 Å². The van der Waals surface area contributed by atoms with Gasteiger partial charge in [0.05, 0.1) is 16.3 Å². The Hall–Kier alpha value is -3.00. The lowest BCUT2D eigenvalue weighted by Gasteiger charge is -2.45. The van der Waals surface area contributed by atoms with E-state index in [1.165, 1.54) is 11.3 Å². The quantitative estimate of drug-likeness (QED) is 0.645. The molecule has 0 amide bonds. The molecule has 7 nitrogen and oxygen atoms in total. The topological polar surface area (TPSA) is 78.5 Å². The van der Waals surface area contributed by atoms with Crippen molar-refractivity contribution in [3.8, 4) is 5.75 Å². The van der Waals surface area contributed by atoms with Crippen LogP contribution in [0.3, 0.4) is 0 Å². The van der Waals surface area contributed by atoms with Gasteiger partial charge >= 0.3 is 0 Å². The van der Waals surface area contributed by atoms with E-state index in [9.17, 15) is 9.59 Å². The highest BCUT2D eigenvalue weighted by atomic mass is 32.1. The Morgan fingerprint density at radius 3 is 2.83 bits per heavy atom. The Kier molecular flexibility index (Phi) is 4.12. The van der Waals surface area contributed by atoms with Crippen LogP contribution in [0.25, 0.3) is 6.08 Å². The second kappa shape index (κ2) is 6.50. The second-order valence-corrected chi connectivity index (χ2v) is 8.94. The van der Waals surface area contributed by atoms with Crippen molar-refractivity contribution < 1.29 is 9.53 Å². The van der Waals surface area contributed by atoms with E-state index in [0.29, 0.717) is 15.1 Å². The molecule has 154 valence electrons. The number of benzene rings is 1. The van der Waals surface area contributed by atoms with Crippen LogP contribution in [0.15, 0.2) is 40.2 Å². The minimum absolute atomic E-state index is 0.0462. The molecule has 3 atom stereocenters. The third kappa shape index (κ3) is 2.63. The summed E-state index contributed by atoms with van der Waals surface area (Å²) in [6.45, 7) is 8.08. The van der Waals surface area contributed by atoms with Crippen LogP contribution >= 0.6 is 11.3 Å². The summed E-state index contributed by atoms with van der Waals surface area (Å²) in [6.07, 6.45) is 3.80. The van der Waals surface area contributed by atoms with E-state index in [1.807, 2.05) is 62.0 Å². The van der Waals surface area contributed by atoms with Crippen molar-refractivity contribution in [3.63, 3.8) is 0 Å². The molecule has 0 aliphatic carbocycles.